The maximum absolute atomic E-state index is 12.5. The minimum absolute atomic E-state index is 0.147. The number of hydrogen-bond donors (Lipinski definition) is 0. The number of para-hydroxylation sites is 1. The van der Waals surface area contributed by atoms with Crippen LogP contribution >= 0.6 is 0 Å². The second-order valence-electron chi connectivity index (χ2n) is 4.59. The van der Waals surface area contributed by atoms with Crippen molar-refractivity contribution < 1.29 is 13.2 Å². The van der Waals surface area contributed by atoms with Crippen LogP contribution in [0.5, 0.6) is 0 Å². The lowest BCUT2D eigenvalue weighted by molar-refractivity contribution is 0.183. The summed E-state index contributed by atoms with van der Waals surface area (Å²) in [5.41, 5.74) is 0.825. The number of ether oxygens (including phenoxy) is 1. The Hall–Kier alpha value is -1.73. The van der Waals surface area contributed by atoms with Crippen molar-refractivity contribution in [3.63, 3.8) is 0 Å². The number of nitrogens with zero attached hydrogens (tertiary/aromatic N) is 2. The molecule has 1 aromatic carbocycles. The highest BCUT2D eigenvalue weighted by molar-refractivity contribution is 7.90. The highest BCUT2D eigenvalue weighted by Gasteiger charge is 2.19. The maximum atomic E-state index is 12.5. The molecule has 0 unspecified atom stereocenters. The molecule has 6 nitrogen and oxygen atoms in total. The van der Waals surface area contributed by atoms with Gasteiger partial charge in [0.1, 0.15) is 0 Å². The van der Waals surface area contributed by atoms with Crippen LogP contribution in [0.25, 0.3) is 10.9 Å². The third-order valence-corrected chi connectivity index (χ3v) is 3.98. The highest BCUT2D eigenvalue weighted by Crippen LogP contribution is 2.15. The molecule has 2 rings (SSSR count). The van der Waals surface area contributed by atoms with E-state index < -0.39 is 9.84 Å². The van der Waals surface area contributed by atoms with Crippen molar-refractivity contribution in [2.24, 2.45) is 0 Å². The molecule has 20 heavy (non-hydrogen) atoms. The molecule has 0 amide bonds. The van der Waals surface area contributed by atoms with E-state index in [4.69, 9.17) is 4.74 Å². The molecular formula is C13H16N2O4S. The Morgan fingerprint density at radius 3 is 2.65 bits per heavy atom. The lowest BCUT2D eigenvalue weighted by Gasteiger charge is -2.12. The molecule has 0 atom stereocenters. The van der Waals surface area contributed by atoms with Crippen LogP contribution < -0.4 is 5.56 Å². The molecule has 0 N–H and O–H groups in total. The average molecular weight is 296 g/mol. The van der Waals surface area contributed by atoms with Gasteiger partial charge in [-0.3, -0.25) is 9.36 Å². The molecule has 0 spiro atoms. The fourth-order valence-corrected chi connectivity index (χ4v) is 2.86. The van der Waals surface area contributed by atoms with Gasteiger partial charge in [-0.25, -0.2) is 13.4 Å². The number of aryl methyl sites for hydroxylation is 1. The zero-order valence-electron chi connectivity index (χ0n) is 11.6. The largest absolute Gasteiger partial charge is 0.383 e. The van der Waals surface area contributed by atoms with Gasteiger partial charge in [0.15, 0.2) is 0 Å². The topological polar surface area (TPSA) is 78.3 Å². The number of rotatable bonds is 4. The number of aromatic nitrogens is 2. The Balaban J connectivity index is 2.88. The SMILES string of the molecule is COCCn1c(S(C)(=O)=O)nc2c(C)cccc2c1=O. The first-order chi connectivity index (χ1) is 9.36. The van der Waals surface area contributed by atoms with Gasteiger partial charge in [0.25, 0.3) is 5.56 Å². The monoisotopic (exact) mass is 296 g/mol. The smallest absolute Gasteiger partial charge is 0.262 e. The van der Waals surface area contributed by atoms with Crippen molar-refractivity contribution >= 4 is 20.7 Å². The second kappa shape index (κ2) is 5.34. The molecule has 0 aliphatic rings. The minimum Gasteiger partial charge on any atom is -0.383 e. The van der Waals surface area contributed by atoms with Crippen LogP contribution in [0, 0.1) is 6.92 Å². The molecule has 0 saturated carbocycles. The zero-order valence-corrected chi connectivity index (χ0v) is 12.4. The van der Waals surface area contributed by atoms with E-state index in [1.54, 1.807) is 25.1 Å². The molecule has 108 valence electrons. The fraction of sp³-hybridized carbons (Fsp3) is 0.385. The summed E-state index contributed by atoms with van der Waals surface area (Å²) < 4.78 is 29.8. The van der Waals surface area contributed by atoms with Crippen molar-refractivity contribution in [1.82, 2.24) is 9.55 Å². The zero-order chi connectivity index (χ0) is 14.9. The standard InChI is InChI=1S/C13H16N2O4S/c1-9-5-4-6-10-11(9)14-13(20(3,17)18)15(12(10)16)7-8-19-2/h4-6H,7-8H2,1-3H3. The van der Waals surface area contributed by atoms with Crippen molar-refractivity contribution in [3.05, 3.63) is 34.1 Å². The van der Waals surface area contributed by atoms with Gasteiger partial charge in [-0.2, -0.15) is 0 Å². The van der Waals surface area contributed by atoms with Crippen LogP contribution in [0.2, 0.25) is 0 Å². The van der Waals surface area contributed by atoms with Crippen LogP contribution in [0.15, 0.2) is 28.2 Å². The van der Waals surface area contributed by atoms with Crippen LogP contribution in [0.1, 0.15) is 5.56 Å². The number of methoxy groups -OCH3 is 1. The first-order valence-electron chi connectivity index (χ1n) is 6.05. The third-order valence-electron chi connectivity index (χ3n) is 3.00. The summed E-state index contributed by atoms with van der Waals surface area (Å²) in [6, 6.07) is 5.19. The van der Waals surface area contributed by atoms with Crippen molar-refractivity contribution in [3.8, 4) is 0 Å². The summed E-state index contributed by atoms with van der Waals surface area (Å²) in [5, 5.41) is 0.190. The van der Waals surface area contributed by atoms with E-state index in [-0.39, 0.29) is 23.9 Å². The summed E-state index contributed by atoms with van der Waals surface area (Å²) in [6.45, 7) is 2.18. The first-order valence-corrected chi connectivity index (χ1v) is 7.94. The Morgan fingerprint density at radius 1 is 1.35 bits per heavy atom. The Morgan fingerprint density at radius 2 is 2.05 bits per heavy atom. The fourth-order valence-electron chi connectivity index (χ4n) is 2.03. The highest BCUT2D eigenvalue weighted by atomic mass is 32.2. The molecule has 0 aliphatic carbocycles. The van der Waals surface area contributed by atoms with Gasteiger partial charge in [0.2, 0.25) is 15.0 Å². The molecule has 1 heterocycles. The van der Waals surface area contributed by atoms with Crippen molar-refractivity contribution in [2.45, 2.75) is 18.6 Å². The maximum Gasteiger partial charge on any atom is 0.262 e. The third kappa shape index (κ3) is 2.59. The van der Waals surface area contributed by atoms with Gasteiger partial charge in [-0.1, -0.05) is 12.1 Å². The van der Waals surface area contributed by atoms with Gasteiger partial charge >= 0.3 is 0 Å². The van der Waals surface area contributed by atoms with Crippen LogP contribution in [-0.4, -0.2) is 37.9 Å². The summed E-state index contributed by atoms with van der Waals surface area (Å²) in [7, 11) is -2.11. The van der Waals surface area contributed by atoms with Gasteiger partial charge in [-0.15, -0.1) is 0 Å². The molecule has 0 aliphatic heterocycles. The Bertz CT molecular complexity index is 809. The van der Waals surface area contributed by atoms with Crippen LogP contribution in [0.3, 0.4) is 0 Å². The van der Waals surface area contributed by atoms with E-state index >= 15 is 0 Å². The van der Waals surface area contributed by atoms with Crippen LogP contribution in [0.4, 0.5) is 0 Å². The van der Waals surface area contributed by atoms with E-state index in [0.717, 1.165) is 16.4 Å². The minimum atomic E-state index is -3.60. The lowest BCUT2D eigenvalue weighted by Crippen LogP contribution is -2.29. The summed E-state index contributed by atoms with van der Waals surface area (Å²) in [5.74, 6) is 0. The van der Waals surface area contributed by atoms with Gasteiger partial charge in [-0.05, 0) is 18.6 Å². The molecule has 0 radical (unpaired) electrons. The molecule has 2 aromatic rings. The molecule has 1 aromatic heterocycles. The van der Waals surface area contributed by atoms with E-state index in [2.05, 4.69) is 4.98 Å². The number of benzene rings is 1. The normalized spacial score (nSPS) is 11.9. The molecule has 0 bridgehead atoms. The molecule has 0 fully saturated rings. The van der Waals surface area contributed by atoms with Gasteiger partial charge in [0, 0.05) is 13.4 Å². The predicted octanol–water partition coefficient (Wildman–Crippen LogP) is 0.755. The predicted molar refractivity (Wildman–Crippen MR) is 75.7 cm³/mol. The van der Waals surface area contributed by atoms with Gasteiger partial charge < -0.3 is 4.74 Å². The molecule has 0 saturated heterocycles. The Kier molecular flexibility index (Phi) is 3.92. The summed E-state index contributed by atoms with van der Waals surface area (Å²) in [4.78, 5) is 16.6. The first kappa shape index (κ1) is 14.7. The molecule has 7 heteroatoms. The van der Waals surface area contributed by atoms with Crippen LogP contribution in [-0.2, 0) is 21.1 Å². The lowest BCUT2D eigenvalue weighted by atomic mass is 10.1. The van der Waals surface area contributed by atoms with E-state index in [1.165, 1.54) is 7.11 Å². The van der Waals surface area contributed by atoms with E-state index in [0.29, 0.717) is 10.9 Å². The van der Waals surface area contributed by atoms with Crippen molar-refractivity contribution in [1.29, 1.82) is 0 Å². The second-order valence-corrected chi connectivity index (χ2v) is 6.50. The summed E-state index contributed by atoms with van der Waals surface area (Å²) >= 11 is 0. The average Bonchev–Trinajstić information content (AvgIpc) is 2.37. The molecular weight excluding hydrogens is 280 g/mol. The Labute approximate surface area is 116 Å². The number of hydrogen-bond acceptors (Lipinski definition) is 5. The van der Waals surface area contributed by atoms with Gasteiger partial charge in [0.05, 0.1) is 24.1 Å². The summed E-state index contributed by atoms with van der Waals surface area (Å²) in [6.07, 6.45) is 1.04. The number of sulfone groups is 1. The van der Waals surface area contributed by atoms with Crippen molar-refractivity contribution in [2.75, 3.05) is 20.0 Å². The van der Waals surface area contributed by atoms with E-state index in [9.17, 15) is 13.2 Å². The van der Waals surface area contributed by atoms with E-state index in [1.807, 2.05) is 0 Å². The quantitative estimate of drug-likeness (QED) is 0.778. The number of fused-ring (bicyclic) bond motifs is 1.